The van der Waals surface area contributed by atoms with Crippen LogP contribution >= 0.6 is 15.6 Å². The molecule has 1 saturated heterocycles. The van der Waals surface area contributed by atoms with E-state index in [1.807, 2.05) is 18.2 Å². The number of phosphoric acid groups is 2. The van der Waals surface area contributed by atoms with Gasteiger partial charge < -0.3 is 45.1 Å². The summed E-state index contributed by atoms with van der Waals surface area (Å²) in [5.41, 5.74) is 4.58. The molecule has 0 saturated carbocycles. The highest BCUT2D eigenvalue weighted by molar-refractivity contribution is 7.61. The Hall–Kier alpha value is -3.32. The van der Waals surface area contributed by atoms with Crippen LogP contribution in [0.3, 0.4) is 0 Å². The molecule has 7 N–H and O–H groups in total. The first kappa shape index (κ1) is 63.8. The minimum Gasteiger partial charge on any atom is -0.462 e. The molecule has 8 atom stereocenters. The number of anilines is 1. The maximum absolute atomic E-state index is 12.8. The van der Waals surface area contributed by atoms with Gasteiger partial charge in [0.05, 0.1) is 19.3 Å². The lowest BCUT2D eigenvalue weighted by Gasteiger charge is -2.21. The van der Waals surface area contributed by atoms with Crippen LogP contribution in [-0.2, 0) is 46.3 Å². The van der Waals surface area contributed by atoms with Crippen molar-refractivity contribution in [3.8, 4) is 0 Å². The van der Waals surface area contributed by atoms with Crippen molar-refractivity contribution < 1.29 is 71.4 Å². The van der Waals surface area contributed by atoms with E-state index in [1.54, 1.807) is 6.92 Å². The molecule has 1 aliphatic heterocycles. The molecule has 2 heterocycles. The summed E-state index contributed by atoms with van der Waals surface area (Å²) in [5, 5.41) is 30.2. The minimum atomic E-state index is -5.44. The van der Waals surface area contributed by atoms with Gasteiger partial charge in [0, 0.05) is 19.0 Å². The number of aromatic nitrogens is 2. The van der Waals surface area contributed by atoms with Crippen molar-refractivity contribution in [3.63, 3.8) is 0 Å². The molecule has 0 spiro atoms. The maximum Gasteiger partial charge on any atom is 0.481 e. The number of nitrogens with two attached hydrogens (primary N) is 1. The molecule has 21 heteroatoms. The van der Waals surface area contributed by atoms with Crippen LogP contribution < -0.4 is 11.4 Å². The first-order valence-corrected chi connectivity index (χ1v) is 28.5. The zero-order valence-corrected chi connectivity index (χ0v) is 44.1. The quantitative estimate of drug-likeness (QED) is 0.0154. The van der Waals surface area contributed by atoms with E-state index in [4.69, 9.17) is 29.0 Å². The second kappa shape index (κ2) is 37.4. The molecule has 1 aromatic rings. The van der Waals surface area contributed by atoms with Gasteiger partial charge in [0.25, 0.3) is 0 Å². The van der Waals surface area contributed by atoms with Gasteiger partial charge in [-0.1, -0.05) is 140 Å². The third kappa shape index (κ3) is 31.8. The second-order valence-corrected chi connectivity index (χ2v) is 21.5. The minimum absolute atomic E-state index is 0.0377. The summed E-state index contributed by atoms with van der Waals surface area (Å²) < 4.78 is 56.7. The van der Waals surface area contributed by atoms with Crippen molar-refractivity contribution in [2.75, 3.05) is 25.6 Å². The van der Waals surface area contributed by atoms with Crippen molar-refractivity contribution in [2.45, 2.75) is 205 Å². The summed E-state index contributed by atoms with van der Waals surface area (Å²) in [7, 11) is -10.9. The normalized spacial score (nSPS) is 20.1. The Morgan fingerprint density at radius 3 is 1.80 bits per heavy atom. The lowest BCUT2D eigenvalue weighted by Crippen LogP contribution is -2.36. The first-order chi connectivity index (χ1) is 33.9. The van der Waals surface area contributed by atoms with Crippen molar-refractivity contribution in [1.29, 1.82) is 0 Å². The van der Waals surface area contributed by atoms with Crippen LogP contribution in [0.15, 0.2) is 65.7 Å². The Morgan fingerprint density at radius 1 is 0.718 bits per heavy atom. The van der Waals surface area contributed by atoms with E-state index < -0.39 is 83.7 Å². The molecule has 19 nitrogen and oxygen atoms in total. The molecule has 0 amide bonds. The van der Waals surface area contributed by atoms with Gasteiger partial charge in [-0.3, -0.25) is 23.2 Å². The summed E-state index contributed by atoms with van der Waals surface area (Å²) in [4.78, 5) is 61.9. The van der Waals surface area contributed by atoms with Gasteiger partial charge in [-0.25, -0.2) is 13.9 Å². The predicted molar refractivity (Wildman–Crippen MR) is 272 cm³/mol. The van der Waals surface area contributed by atoms with E-state index in [1.165, 1.54) is 57.4 Å². The average Bonchev–Trinajstić information content (AvgIpc) is 3.58. The van der Waals surface area contributed by atoms with Gasteiger partial charge in [-0.2, -0.15) is 9.29 Å². The highest BCUT2D eigenvalue weighted by Gasteiger charge is 2.46. The third-order valence-corrected chi connectivity index (χ3v) is 14.0. The number of allylic oxidation sites excluding steroid dienone is 8. The number of carbonyl (C=O) groups excluding carboxylic acids is 2. The van der Waals surface area contributed by atoms with Gasteiger partial charge in [-0.05, 0) is 76.7 Å². The van der Waals surface area contributed by atoms with Gasteiger partial charge >= 0.3 is 33.3 Å². The average molecular weight is 1050 g/mol. The van der Waals surface area contributed by atoms with Crippen molar-refractivity contribution >= 4 is 33.4 Å². The third-order valence-electron chi connectivity index (χ3n) is 11.4. The van der Waals surface area contributed by atoms with E-state index in [2.05, 4.69) is 53.5 Å². The standard InChI is InChI=1S/C50H85N3O16P2/c1-40(2)31-27-23-19-15-11-9-10-13-17-21-25-29-33-45(55)64-37-42(67-46(56)34-30-26-22-18-14-8-6-4-5-7-12-16-20-24-28-32-41(3)54)38-65-70(60,61)69-71(62,63)66-39-43-47(57)48(58)49(68-43)53-36-35-44(51)52-50(53)59/h5-8,16,18,20,22,35-36,40-43,47-49,54,57-58H,4,9-15,17,19,21,23-34,37-39H2,1-3H3,(H,60,61)(H,62,63)(H2,51,52,59)/b7-5-,8-6-,20-16-,22-18-/t41-,42+,43+,47+,48+,49+/m0/s1. The van der Waals surface area contributed by atoms with Crippen LogP contribution in [0.2, 0.25) is 0 Å². The lowest BCUT2D eigenvalue weighted by molar-refractivity contribution is -0.161. The fourth-order valence-electron chi connectivity index (χ4n) is 7.39. The number of hydrogen-bond acceptors (Lipinski definition) is 16. The SMILES string of the molecule is CC(C)CCCCCCCCCCCCCCC(=O)OC[C@H](COP(=O)(O)OP(=O)(O)OC[C@H]1O[C@@H](n2ccc(N)nc2=O)[C@H](O)[C@@H]1O)OC(=O)CCC/C=C\C/C=C\C/C=C\C/C=C\CCC[C@H](C)O. The van der Waals surface area contributed by atoms with E-state index >= 15 is 0 Å². The van der Waals surface area contributed by atoms with E-state index in [0.29, 0.717) is 25.7 Å². The van der Waals surface area contributed by atoms with Crippen LogP contribution in [0.25, 0.3) is 0 Å². The Balaban J connectivity index is 1.82. The summed E-state index contributed by atoms with van der Waals surface area (Å²) in [6.45, 7) is 3.96. The van der Waals surface area contributed by atoms with Crippen LogP contribution in [0, 0.1) is 5.92 Å². The number of nitrogen functional groups attached to an aromatic ring is 1. The van der Waals surface area contributed by atoms with Crippen molar-refractivity contribution in [1.82, 2.24) is 9.55 Å². The Kier molecular flexibility index (Phi) is 33.6. The summed E-state index contributed by atoms with van der Waals surface area (Å²) in [6.07, 6.45) is 30.5. The number of carbonyl (C=O) groups is 2. The van der Waals surface area contributed by atoms with E-state index in [9.17, 15) is 48.6 Å². The molecule has 0 aromatic carbocycles. The van der Waals surface area contributed by atoms with Crippen LogP contribution in [-0.4, -0.2) is 96.9 Å². The molecule has 2 rings (SSSR count). The fraction of sp³-hybridized carbons (Fsp3) is 0.720. The van der Waals surface area contributed by atoms with Gasteiger partial charge in [0.2, 0.25) is 0 Å². The molecule has 1 fully saturated rings. The number of esters is 2. The fourth-order valence-corrected chi connectivity index (χ4v) is 9.50. The monoisotopic (exact) mass is 1050 g/mol. The topological polar surface area (TPSA) is 286 Å². The molecule has 0 radical (unpaired) electrons. The number of aliphatic hydroxyl groups is 3. The zero-order chi connectivity index (χ0) is 52.3. The smallest absolute Gasteiger partial charge is 0.462 e. The summed E-state index contributed by atoms with van der Waals surface area (Å²) in [6, 6.07) is 1.24. The molecular formula is C50H85N3O16P2. The number of rotatable bonds is 41. The molecular weight excluding hydrogens is 961 g/mol. The van der Waals surface area contributed by atoms with Crippen LogP contribution in [0.5, 0.6) is 0 Å². The first-order valence-electron chi connectivity index (χ1n) is 25.5. The number of aliphatic hydroxyl groups excluding tert-OH is 3. The Morgan fingerprint density at radius 2 is 1.24 bits per heavy atom. The highest BCUT2D eigenvalue weighted by atomic mass is 31.3. The highest BCUT2D eigenvalue weighted by Crippen LogP contribution is 2.60. The molecule has 2 unspecified atom stereocenters. The molecule has 1 aromatic heterocycles. The van der Waals surface area contributed by atoms with Gasteiger partial charge in [-0.15, -0.1) is 0 Å². The molecule has 1 aliphatic rings. The molecule has 406 valence electrons. The van der Waals surface area contributed by atoms with E-state index in [0.717, 1.165) is 74.5 Å². The summed E-state index contributed by atoms with van der Waals surface area (Å²) >= 11 is 0. The number of hydrogen-bond donors (Lipinski definition) is 6. The maximum atomic E-state index is 12.8. The number of phosphoric ester groups is 2. The van der Waals surface area contributed by atoms with Crippen LogP contribution in [0.4, 0.5) is 5.82 Å². The van der Waals surface area contributed by atoms with Crippen molar-refractivity contribution in [3.05, 3.63) is 71.4 Å². The number of nitrogens with zero attached hydrogens (tertiary/aromatic N) is 2. The molecule has 71 heavy (non-hydrogen) atoms. The predicted octanol–water partition coefficient (Wildman–Crippen LogP) is 9.38. The Labute approximate surface area is 421 Å². The van der Waals surface area contributed by atoms with E-state index in [-0.39, 0.29) is 24.8 Å². The van der Waals surface area contributed by atoms with Crippen molar-refractivity contribution in [2.24, 2.45) is 5.92 Å². The van der Waals surface area contributed by atoms with Gasteiger partial charge in [0.1, 0.15) is 30.7 Å². The zero-order valence-electron chi connectivity index (χ0n) is 42.3. The summed E-state index contributed by atoms with van der Waals surface area (Å²) in [5.74, 6) is -0.609. The second-order valence-electron chi connectivity index (χ2n) is 18.4. The molecule has 0 bridgehead atoms. The van der Waals surface area contributed by atoms with Crippen LogP contribution in [0.1, 0.15) is 175 Å². The largest absolute Gasteiger partial charge is 0.481 e. The number of ether oxygens (including phenoxy) is 3. The lowest BCUT2D eigenvalue weighted by atomic mass is 10.0. The Bertz CT molecular complexity index is 1910. The number of unbranched alkanes of at least 4 members (excludes halogenated alkanes) is 13. The van der Waals surface area contributed by atoms with Gasteiger partial charge in [0.15, 0.2) is 12.3 Å². The molecule has 0 aliphatic carbocycles.